The Morgan fingerprint density at radius 2 is 1.11 bits per heavy atom. The molecule has 7 nitrogen and oxygen atoms in total. The van der Waals surface area contributed by atoms with Gasteiger partial charge < -0.3 is 9.55 Å². The minimum absolute atomic E-state index is 0.0626. The molecule has 0 spiro atoms. The van der Waals surface area contributed by atoms with Gasteiger partial charge in [-0.05, 0) is 101 Å². The van der Waals surface area contributed by atoms with E-state index >= 15 is 0 Å². The number of H-pyrrole nitrogens is 2. The van der Waals surface area contributed by atoms with Gasteiger partial charge in [0.15, 0.2) is 0 Å². The Labute approximate surface area is 386 Å². The van der Waals surface area contributed by atoms with Crippen LogP contribution in [0, 0.1) is 0 Å². The number of rotatable bonds is 0. The topological polar surface area (TPSA) is 88.1 Å². The Morgan fingerprint density at radius 3 is 1.58 bits per heavy atom. The van der Waals surface area contributed by atoms with Crippen LogP contribution in [0.25, 0.3) is 33.1 Å². The van der Waals surface area contributed by atoms with Gasteiger partial charge in [-0.15, -0.1) is 5.10 Å². The maximum atomic E-state index is 4.40. The smallest absolute Gasteiger partial charge is 0.201 e. The quantitative estimate of drug-likeness (QED) is 0.159. The lowest BCUT2D eigenvalue weighted by Crippen LogP contribution is -2.20. The number of nitrogens with zero attached hydrogens (tertiary/aromatic N) is 5. The highest BCUT2D eigenvalue weighted by Gasteiger charge is 2.18. The van der Waals surface area contributed by atoms with Gasteiger partial charge in [-0.3, -0.25) is 0 Å². The highest BCUT2D eigenvalue weighted by atomic mass is 32.1. The summed E-state index contributed by atoms with van der Waals surface area (Å²) in [5, 5.41) is 17.3. The van der Waals surface area contributed by atoms with Crippen LogP contribution in [0.15, 0.2) is 90.0 Å². The molecule has 0 saturated carbocycles. The normalized spacial score (nSPS) is 10.1. The molecule has 0 aliphatic carbocycles. The fourth-order valence-electron chi connectivity index (χ4n) is 5.06. The summed E-state index contributed by atoms with van der Waals surface area (Å²) in [6, 6.07) is 20.8. The molecule has 0 aliphatic rings. The van der Waals surface area contributed by atoms with Gasteiger partial charge in [-0.2, -0.15) is 21.6 Å². The second kappa shape index (κ2) is 34.2. The SMILES string of the molecule is CC.CC.CC.CC.CC.CC.CC.CC(C)(C)c1ccc2n[nH]nc2n1.CC(C)(C)c1cccc2cc[nH]c12.CC(C)(C)c1ccsc1.CC(C)(C)n1ccc2cccnc21. The van der Waals surface area contributed by atoms with E-state index in [0.717, 1.165) is 16.9 Å². The van der Waals surface area contributed by atoms with E-state index in [1.807, 2.05) is 128 Å². The van der Waals surface area contributed by atoms with Crippen molar-refractivity contribution < 1.29 is 0 Å². The molecule has 0 aliphatic heterocycles. The van der Waals surface area contributed by atoms with Crippen molar-refractivity contribution >= 4 is 44.4 Å². The number of pyridine rings is 2. The third-order valence-electron chi connectivity index (χ3n) is 7.90. The Bertz CT molecular complexity index is 2010. The van der Waals surface area contributed by atoms with Crippen LogP contribution in [0.4, 0.5) is 0 Å². The first-order valence-corrected chi connectivity index (χ1v) is 24.5. The molecule has 8 heteroatoms. The molecule has 1 aromatic carbocycles. The van der Waals surface area contributed by atoms with Crippen molar-refractivity contribution in [2.24, 2.45) is 0 Å². The number of aromatic nitrogens is 7. The number of fused-ring (bicyclic) bond motifs is 3. The van der Waals surface area contributed by atoms with E-state index in [1.54, 1.807) is 11.3 Å². The van der Waals surface area contributed by atoms with E-state index in [0.29, 0.717) is 11.1 Å². The number of hydrogen-bond donors (Lipinski definition) is 2. The van der Waals surface area contributed by atoms with Crippen molar-refractivity contribution in [3.05, 3.63) is 107 Å². The molecule has 0 bridgehead atoms. The van der Waals surface area contributed by atoms with Gasteiger partial charge in [-0.1, -0.05) is 177 Å². The number of benzene rings is 1. The Morgan fingerprint density at radius 1 is 0.548 bits per heavy atom. The summed E-state index contributed by atoms with van der Waals surface area (Å²) < 4.78 is 2.20. The van der Waals surface area contributed by atoms with Crippen LogP contribution in [0.2, 0.25) is 0 Å². The zero-order valence-corrected chi connectivity index (χ0v) is 45.6. The monoisotopic (exact) mass is 874 g/mol. The lowest BCUT2D eigenvalue weighted by Gasteiger charge is -2.21. The van der Waals surface area contributed by atoms with Gasteiger partial charge in [-0.25, -0.2) is 9.97 Å². The summed E-state index contributed by atoms with van der Waals surface area (Å²) in [4.78, 5) is 12.1. The van der Waals surface area contributed by atoms with Crippen molar-refractivity contribution in [2.75, 3.05) is 0 Å². The molecule has 7 aromatic rings. The van der Waals surface area contributed by atoms with Crippen LogP contribution in [-0.2, 0) is 21.8 Å². The first-order chi connectivity index (χ1) is 29.4. The molecule has 0 atom stereocenters. The molecule has 2 N–H and O–H groups in total. The second-order valence-electron chi connectivity index (χ2n) is 16.1. The molecule has 7 rings (SSSR count). The van der Waals surface area contributed by atoms with Gasteiger partial charge in [0.05, 0.1) is 0 Å². The molecule has 0 saturated heterocycles. The van der Waals surface area contributed by atoms with Gasteiger partial charge in [0, 0.05) is 46.1 Å². The van der Waals surface area contributed by atoms with Gasteiger partial charge in [0.1, 0.15) is 11.2 Å². The molecular weight excluding hydrogens is 779 g/mol. The number of hydrogen-bond acceptors (Lipinski definition) is 5. The van der Waals surface area contributed by atoms with E-state index in [-0.39, 0.29) is 16.4 Å². The highest BCUT2D eigenvalue weighted by molar-refractivity contribution is 7.08. The predicted octanol–water partition coefficient (Wildman–Crippen LogP) is 18.1. The molecule has 6 heterocycles. The number of para-hydroxylation sites is 1. The first kappa shape index (κ1) is 64.3. The van der Waals surface area contributed by atoms with Crippen molar-refractivity contribution in [1.82, 2.24) is 34.9 Å². The summed E-state index contributed by atoms with van der Waals surface area (Å²) in [7, 11) is 0. The van der Waals surface area contributed by atoms with Crippen molar-refractivity contribution in [1.29, 1.82) is 0 Å². The predicted molar refractivity (Wildman–Crippen MR) is 285 cm³/mol. The van der Waals surface area contributed by atoms with Crippen molar-refractivity contribution in [3.8, 4) is 0 Å². The summed E-state index contributed by atoms with van der Waals surface area (Å²) in [6.45, 7) is 54.3. The number of aromatic amines is 2. The van der Waals surface area contributed by atoms with Crippen LogP contribution >= 0.6 is 11.3 Å². The van der Waals surface area contributed by atoms with Crippen LogP contribution in [0.3, 0.4) is 0 Å². The zero-order valence-electron chi connectivity index (χ0n) is 44.8. The fraction of sp³-hybridized carbons (Fsp3) is 0.556. The summed E-state index contributed by atoms with van der Waals surface area (Å²) in [5.41, 5.74) is 8.41. The maximum Gasteiger partial charge on any atom is 0.201 e. The third kappa shape index (κ3) is 22.7. The van der Waals surface area contributed by atoms with Gasteiger partial charge in [0.25, 0.3) is 0 Å². The summed E-state index contributed by atoms with van der Waals surface area (Å²) in [5.74, 6) is 0. The molecule has 6 aromatic heterocycles. The van der Waals surface area contributed by atoms with E-state index in [9.17, 15) is 0 Å². The maximum absolute atomic E-state index is 4.40. The average Bonchev–Trinajstić information content (AvgIpc) is 4.12. The number of thiophene rings is 1. The standard InChI is InChI=1S/C12H15N.C11H14N2.C9H12N4.C8H12S.7C2H6/c1-12(2,3)10-6-4-5-9-7-8-13-11(9)10;1-11(2,3)13-8-6-9-5-4-7-12-10(9)13;1-9(2,3)7-5-4-6-8(10-7)12-13-11-6;1-8(2,3)7-4-5-9-6-7;7*1-2/h4-8,13H,1-3H3;4-8H,1-3H3;4-5H,1-3H3,(H,10,11,12,13);4-6H,1-3H3;7*1-2H3. The van der Waals surface area contributed by atoms with Gasteiger partial charge in [0.2, 0.25) is 5.65 Å². The van der Waals surface area contributed by atoms with Crippen LogP contribution in [0.1, 0.15) is 197 Å². The lowest BCUT2D eigenvalue weighted by atomic mass is 9.86. The molecular formula is C54H95N7S. The second-order valence-corrected chi connectivity index (χ2v) is 16.9. The van der Waals surface area contributed by atoms with Gasteiger partial charge >= 0.3 is 0 Å². The molecule has 0 amide bonds. The minimum atomic E-state index is 0.0626. The Balaban J connectivity index is -0.000000332. The fourth-order valence-corrected chi connectivity index (χ4v) is 5.95. The molecule has 352 valence electrons. The summed E-state index contributed by atoms with van der Waals surface area (Å²) >= 11 is 1.77. The number of nitrogens with one attached hydrogen (secondary N) is 2. The van der Waals surface area contributed by atoms with E-state index < -0.39 is 0 Å². The highest BCUT2D eigenvalue weighted by Crippen LogP contribution is 2.29. The molecule has 0 unspecified atom stereocenters. The molecule has 0 fully saturated rings. The molecule has 62 heavy (non-hydrogen) atoms. The lowest BCUT2D eigenvalue weighted by molar-refractivity contribution is 0.408. The van der Waals surface area contributed by atoms with Crippen LogP contribution in [0.5, 0.6) is 0 Å². The Kier molecular flexibility index (Phi) is 35.5. The van der Waals surface area contributed by atoms with E-state index in [2.05, 4.69) is 177 Å². The zero-order chi connectivity index (χ0) is 49.3. The first-order valence-electron chi connectivity index (χ1n) is 23.6. The average molecular weight is 874 g/mol. The molecule has 0 radical (unpaired) electrons. The van der Waals surface area contributed by atoms with Crippen LogP contribution in [-0.4, -0.2) is 34.9 Å². The minimum Gasteiger partial charge on any atom is -0.361 e. The van der Waals surface area contributed by atoms with Crippen LogP contribution < -0.4 is 0 Å². The van der Waals surface area contributed by atoms with Crippen molar-refractivity contribution in [2.45, 2.75) is 202 Å². The van der Waals surface area contributed by atoms with Crippen molar-refractivity contribution in [3.63, 3.8) is 0 Å². The Hall–Kier alpha value is -4.30. The largest absolute Gasteiger partial charge is 0.361 e. The summed E-state index contributed by atoms with van der Waals surface area (Å²) in [6.07, 6.45) is 5.93. The van der Waals surface area contributed by atoms with E-state index in [4.69, 9.17) is 0 Å². The third-order valence-corrected chi connectivity index (χ3v) is 8.59. The van der Waals surface area contributed by atoms with E-state index in [1.165, 1.54) is 27.4 Å².